The molecule has 0 spiro atoms. The molecule has 1 aromatic rings. The number of aryl methyl sites for hydroxylation is 1. The summed E-state index contributed by atoms with van der Waals surface area (Å²) in [5.41, 5.74) is 0. The first-order chi connectivity index (χ1) is 9.11. The highest BCUT2D eigenvalue weighted by atomic mass is 32.1. The third-order valence-corrected chi connectivity index (χ3v) is 4.57. The van der Waals surface area contributed by atoms with Crippen molar-refractivity contribution in [2.75, 3.05) is 20.1 Å². The molecule has 0 bridgehead atoms. The van der Waals surface area contributed by atoms with Gasteiger partial charge in [0.25, 0.3) is 0 Å². The fraction of sp³-hybridized carbons (Fsp3) is 0.571. The van der Waals surface area contributed by atoms with Gasteiger partial charge in [-0.05, 0) is 38.4 Å². The number of hydrogen-bond acceptors (Lipinski definition) is 4. The topological polar surface area (TPSA) is 49.4 Å². The van der Waals surface area contributed by atoms with Gasteiger partial charge in [-0.15, -0.1) is 11.3 Å². The second-order valence-electron chi connectivity index (χ2n) is 4.93. The van der Waals surface area contributed by atoms with Gasteiger partial charge in [0.1, 0.15) is 0 Å². The maximum atomic E-state index is 12.2. The summed E-state index contributed by atoms with van der Waals surface area (Å²) < 4.78 is 0. The molecule has 1 saturated heterocycles. The standard InChI is InChI=1S/C14H20N2O2S/c1-10-6-7-13(19-10)12(17)9-16-8-4-3-5-11(16)14(18)15-2/h6-7,11H,3-5,8-9H2,1-2H3,(H,15,18). The zero-order chi connectivity index (χ0) is 13.8. The van der Waals surface area contributed by atoms with Crippen molar-refractivity contribution in [1.29, 1.82) is 0 Å². The monoisotopic (exact) mass is 280 g/mol. The second-order valence-corrected chi connectivity index (χ2v) is 6.22. The van der Waals surface area contributed by atoms with Gasteiger partial charge in [0, 0.05) is 11.9 Å². The highest BCUT2D eigenvalue weighted by molar-refractivity contribution is 7.14. The number of nitrogens with one attached hydrogen (secondary N) is 1. The number of carbonyl (C=O) groups excluding carboxylic acids is 2. The van der Waals surface area contributed by atoms with Crippen LogP contribution in [-0.4, -0.2) is 42.8 Å². The third kappa shape index (κ3) is 3.42. The Labute approximate surface area is 117 Å². The van der Waals surface area contributed by atoms with Crippen molar-refractivity contribution >= 4 is 23.0 Å². The van der Waals surface area contributed by atoms with Crippen LogP contribution in [0.25, 0.3) is 0 Å². The van der Waals surface area contributed by atoms with E-state index in [1.54, 1.807) is 7.05 Å². The largest absolute Gasteiger partial charge is 0.358 e. The number of Topliss-reactive ketones (excluding diaryl/α,β-unsaturated/α-hetero) is 1. The van der Waals surface area contributed by atoms with E-state index in [0.29, 0.717) is 6.54 Å². The smallest absolute Gasteiger partial charge is 0.237 e. The van der Waals surface area contributed by atoms with Gasteiger partial charge in [-0.25, -0.2) is 0 Å². The molecule has 1 fully saturated rings. The first-order valence-corrected chi connectivity index (χ1v) is 7.48. The fourth-order valence-corrected chi connectivity index (χ4v) is 3.29. The predicted molar refractivity (Wildman–Crippen MR) is 76.7 cm³/mol. The number of carbonyl (C=O) groups is 2. The fourth-order valence-electron chi connectivity index (χ4n) is 2.49. The van der Waals surface area contributed by atoms with Crippen LogP contribution in [0, 0.1) is 6.92 Å². The molecule has 1 amide bonds. The highest BCUT2D eigenvalue weighted by Gasteiger charge is 2.29. The molecule has 5 heteroatoms. The molecular formula is C14H20N2O2S. The summed E-state index contributed by atoms with van der Waals surface area (Å²) in [4.78, 5) is 28.0. The molecule has 2 heterocycles. The Bertz CT molecular complexity index is 470. The van der Waals surface area contributed by atoms with Crippen LogP contribution >= 0.6 is 11.3 Å². The van der Waals surface area contributed by atoms with E-state index < -0.39 is 0 Å². The van der Waals surface area contributed by atoms with Crippen LogP contribution in [0.2, 0.25) is 0 Å². The molecule has 4 nitrogen and oxygen atoms in total. The molecule has 0 aliphatic carbocycles. The van der Waals surface area contributed by atoms with Crippen molar-refractivity contribution in [1.82, 2.24) is 10.2 Å². The van der Waals surface area contributed by atoms with Gasteiger partial charge in [0.05, 0.1) is 17.5 Å². The summed E-state index contributed by atoms with van der Waals surface area (Å²) in [5, 5.41) is 2.69. The second kappa shape index (κ2) is 6.30. The lowest BCUT2D eigenvalue weighted by Crippen LogP contribution is -2.50. The number of thiophene rings is 1. The van der Waals surface area contributed by atoms with Crippen LogP contribution in [-0.2, 0) is 4.79 Å². The first kappa shape index (κ1) is 14.2. The van der Waals surface area contributed by atoms with Crippen LogP contribution in [0.5, 0.6) is 0 Å². The van der Waals surface area contributed by atoms with Gasteiger partial charge in [-0.3, -0.25) is 14.5 Å². The van der Waals surface area contributed by atoms with E-state index in [9.17, 15) is 9.59 Å². The Morgan fingerprint density at radius 3 is 2.84 bits per heavy atom. The molecule has 1 aliphatic heterocycles. The number of piperidine rings is 1. The van der Waals surface area contributed by atoms with E-state index in [1.807, 2.05) is 24.0 Å². The van der Waals surface area contributed by atoms with Crippen molar-refractivity contribution in [3.8, 4) is 0 Å². The minimum absolute atomic E-state index is 0.0230. The first-order valence-electron chi connectivity index (χ1n) is 6.67. The van der Waals surface area contributed by atoms with Crippen LogP contribution in [0.15, 0.2) is 12.1 Å². The van der Waals surface area contributed by atoms with E-state index in [-0.39, 0.29) is 17.7 Å². The quantitative estimate of drug-likeness (QED) is 0.856. The summed E-state index contributed by atoms with van der Waals surface area (Å²) in [7, 11) is 1.65. The Hall–Kier alpha value is -1.20. The molecule has 19 heavy (non-hydrogen) atoms. The van der Waals surface area contributed by atoms with Gasteiger partial charge in [-0.2, -0.15) is 0 Å². The summed E-state index contributed by atoms with van der Waals surface area (Å²) >= 11 is 1.52. The molecule has 0 aromatic carbocycles. The Morgan fingerprint density at radius 1 is 1.42 bits per heavy atom. The number of nitrogens with zero attached hydrogens (tertiary/aromatic N) is 1. The SMILES string of the molecule is CNC(=O)C1CCCCN1CC(=O)c1ccc(C)s1. The van der Waals surface area contributed by atoms with Gasteiger partial charge >= 0.3 is 0 Å². The Balaban J connectivity index is 2.03. The van der Waals surface area contributed by atoms with Gasteiger partial charge in [0.15, 0.2) is 5.78 Å². The summed E-state index contributed by atoms with van der Waals surface area (Å²) in [6, 6.07) is 3.69. The zero-order valence-electron chi connectivity index (χ0n) is 11.4. The van der Waals surface area contributed by atoms with Crippen molar-refractivity contribution in [2.45, 2.75) is 32.2 Å². The molecular weight excluding hydrogens is 260 g/mol. The number of ketones is 1. The van der Waals surface area contributed by atoms with E-state index in [0.717, 1.165) is 35.6 Å². The van der Waals surface area contributed by atoms with Gasteiger partial charge < -0.3 is 5.32 Å². The molecule has 104 valence electrons. The number of hydrogen-bond donors (Lipinski definition) is 1. The minimum atomic E-state index is -0.149. The zero-order valence-corrected chi connectivity index (χ0v) is 12.3. The van der Waals surface area contributed by atoms with E-state index in [1.165, 1.54) is 11.3 Å². The van der Waals surface area contributed by atoms with Gasteiger partial charge in [0.2, 0.25) is 5.91 Å². The number of likely N-dealkylation sites (N-methyl/N-ethyl adjacent to an activating group) is 1. The lowest BCUT2D eigenvalue weighted by atomic mass is 10.0. The van der Waals surface area contributed by atoms with Gasteiger partial charge in [-0.1, -0.05) is 6.42 Å². The summed E-state index contributed by atoms with van der Waals surface area (Å²) in [6.07, 6.45) is 2.96. The Kier molecular flexibility index (Phi) is 4.71. The summed E-state index contributed by atoms with van der Waals surface area (Å²) in [5.74, 6) is 0.142. The number of rotatable bonds is 4. The maximum Gasteiger partial charge on any atom is 0.237 e. The van der Waals surface area contributed by atoms with Crippen LogP contribution in [0.4, 0.5) is 0 Å². The number of amides is 1. The lowest BCUT2D eigenvalue weighted by molar-refractivity contribution is -0.126. The molecule has 0 radical (unpaired) electrons. The van der Waals surface area contributed by atoms with Crippen LogP contribution < -0.4 is 5.32 Å². The Morgan fingerprint density at radius 2 is 2.21 bits per heavy atom. The molecule has 1 N–H and O–H groups in total. The lowest BCUT2D eigenvalue weighted by Gasteiger charge is -2.33. The molecule has 1 unspecified atom stereocenters. The minimum Gasteiger partial charge on any atom is -0.358 e. The van der Waals surface area contributed by atoms with E-state index >= 15 is 0 Å². The van der Waals surface area contributed by atoms with Crippen molar-refractivity contribution in [3.05, 3.63) is 21.9 Å². The van der Waals surface area contributed by atoms with E-state index in [2.05, 4.69) is 5.32 Å². The predicted octanol–water partition coefficient (Wildman–Crippen LogP) is 1.84. The molecule has 0 saturated carbocycles. The van der Waals surface area contributed by atoms with Crippen LogP contribution in [0.3, 0.4) is 0 Å². The molecule has 2 rings (SSSR count). The molecule has 1 atom stereocenters. The average molecular weight is 280 g/mol. The number of likely N-dealkylation sites (tertiary alicyclic amines) is 1. The summed E-state index contributed by atoms with van der Waals surface area (Å²) in [6.45, 7) is 3.17. The van der Waals surface area contributed by atoms with Crippen molar-refractivity contribution < 1.29 is 9.59 Å². The van der Waals surface area contributed by atoms with Crippen molar-refractivity contribution in [3.63, 3.8) is 0 Å². The highest BCUT2D eigenvalue weighted by Crippen LogP contribution is 2.20. The molecule has 1 aliphatic rings. The average Bonchev–Trinajstić information content (AvgIpc) is 2.85. The van der Waals surface area contributed by atoms with Crippen molar-refractivity contribution in [2.24, 2.45) is 0 Å². The molecule has 1 aromatic heterocycles. The van der Waals surface area contributed by atoms with Crippen LogP contribution in [0.1, 0.15) is 33.8 Å². The normalized spacial score (nSPS) is 20.2. The third-order valence-electron chi connectivity index (χ3n) is 3.52. The van der Waals surface area contributed by atoms with E-state index in [4.69, 9.17) is 0 Å². The maximum absolute atomic E-state index is 12.2.